The number of aromatic nitrogens is 1. The van der Waals surface area contributed by atoms with Gasteiger partial charge in [0.2, 0.25) is 0 Å². The molecule has 0 fully saturated rings. The zero-order valence-electron chi connectivity index (χ0n) is 22.1. The summed E-state index contributed by atoms with van der Waals surface area (Å²) in [7, 11) is 1.21. The summed E-state index contributed by atoms with van der Waals surface area (Å²) in [6.07, 6.45) is 0. The standard InChI is InChI=1S/C29H24N4O7/c1-15-23(13-20(14-30)27(34)32-15)18-7-6-10-22(12-18)40-29(36)25-17(3)31-16(2)24(28(35)39-4)26(25)19-8-5-9-21(11-19)33(37)38/h5-13,24,26H,1-4H3,(H,32,34). The average Bonchev–Trinajstić information content (AvgIpc) is 2.92. The number of ether oxygens (including phenoxy) is 2. The summed E-state index contributed by atoms with van der Waals surface area (Å²) in [5.74, 6) is -3.27. The van der Waals surface area contributed by atoms with Crippen molar-refractivity contribution in [1.29, 1.82) is 5.26 Å². The largest absolute Gasteiger partial charge is 0.468 e. The number of nitrogens with one attached hydrogen (secondary N) is 1. The molecule has 0 radical (unpaired) electrons. The SMILES string of the molecule is COC(=O)C1C(C)=NC(C)=C(C(=O)Oc2cccc(-c3cc(C#N)c(=O)[nH]c3C)c2)C1c1cccc([N+](=O)[O-])c1. The van der Waals surface area contributed by atoms with Crippen molar-refractivity contribution < 1.29 is 24.0 Å². The lowest BCUT2D eigenvalue weighted by Crippen LogP contribution is -2.36. The lowest BCUT2D eigenvalue weighted by atomic mass is 9.75. The van der Waals surface area contributed by atoms with Crippen LogP contribution in [0.1, 0.15) is 36.6 Å². The van der Waals surface area contributed by atoms with Gasteiger partial charge in [-0.25, -0.2) is 4.79 Å². The van der Waals surface area contributed by atoms with Crippen molar-refractivity contribution in [2.75, 3.05) is 7.11 Å². The van der Waals surface area contributed by atoms with Crippen LogP contribution in [-0.2, 0) is 14.3 Å². The van der Waals surface area contributed by atoms with E-state index in [-0.39, 0.29) is 22.6 Å². The van der Waals surface area contributed by atoms with Crippen LogP contribution >= 0.6 is 0 Å². The zero-order chi connectivity index (χ0) is 29.1. The molecular formula is C29H24N4O7. The maximum absolute atomic E-state index is 13.7. The third-order valence-corrected chi connectivity index (χ3v) is 6.66. The van der Waals surface area contributed by atoms with Gasteiger partial charge in [-0.15, -0.1) is 0 Å². The van der Waals surface area contributed by atoms with Gasteiger partial charge >= 0.3 is 11.9 Å². The molecule has 0 aliphatic carbocycles. The number of pyridine rings is 1. The Morgan fingerprint density at radius 3 is 2.50 bits per heavy atom. The summed E-state index contributed by atoms with van der Waals surface area (Å²) in [6.45, 7) is 4.91. The molecule has 2 aromatic carbocycles. The van der Waals surface area contributed by atoms with Crippen LogP contribution in [0.4, 0.5) is 5.69 Å². The third kappa shape index (κ3) is 5.28. The number of carbonyl (C=O) groups is 2. The van der Waals surface area contributed by atoms with Crippen molar-refractivity contribution >= 4 is 23.3 Å². The second-order valence-corrected chi connectivity index (χ2v) is 9.16. The van der Waals surface area contributed by atoms with E-state index in [0.29, 0.717) is 33.8 Å². The number of methoxy groups -OCH3 is 1. The minimum atomic E-state index is -1.02. The monoisotopic (exact) mass is 540 g/mol. The van der Waals surface area contributed by atoms with Crippen LogP contribution in [0, 0.1) is 34.3 Å². The van der Waals surface area contributed by atoms with Crippen molar-refractivity contribution in [3.8, 4) is 22.9 Å². The molecular weight excluding hydrogens is 516 g/mol. The van der Waals surface area contributed by atoms with Crippen LogP contribution in [0.15, 0.2) is 75.7 Å². The van der Waals surface area contributed by atoms with Crippen molar-refractivity contribution in [3.05, 3.63) is 103 Å². The third-order valence-electron chi connectivity index (χ3n) is 6.66. The summed E-state index contributed by atoms with van der Waals surface area (Å²) in [5, 5.41) is 20.7. The number of aromatic amines is 1. The first-order valence-electron chi connectivity index (χ1n) is 12.1. The van der Waals surface area contributed by atoms with Crippen LogP contribution in [0.2, 0.25) is 0 Å². The first-order chi connectivity index (χ1) is 19.0. The van der Waals surface area contributed by atoms with Crippen molar-refractivity contribution in [3.63, 3.8) is 0 Å². The van der Waals surface area contributed by atoms with E-state index in [4.69, 9.17) is 9.47 Å². The lowest BCUT2D eigenvalue weighted by molar-refractivity contribution is -0.384. The predicted octanol–water partition coefficient (Wildman–Crippen LogP) is 4.36. The Kier molecular flexibility index (Phi) is 7.72. The van der Waals surface area contributed by atoms with Gasteiger partial charge < -0.3 is 14.5 Å². The first kappa shape index (κ1) is 27.7. The van der Waals surface area contributed by atoms with Crippen LogP contribution in [-0.4, -0.2) is 34.7 Å². The molecule has 1 aliphatic heterocycles. The van der Waals surface area contributed by atoms with Crippen LogP contribution < -0.4 is 10.3 Å². The fourth-order valence-electron chi connectivity index (χ4n) is 4.82. The van der Waals surface area contributed by atoms with Crippen LogP contribution in [0.3, 0.4) is 0 Å². The summed E-state index contributed by atoms with van der Waals surface area (Å²) < 4.78 is 10.7. The van der Waals surface area contributed by atoms with Gasteiger partial charge in [-0.1, -0.05) is 24.3 Å². The molecule has 2 heterocycles. The van der Waals surface area contributed by atoms with Gasteiger partial charge in [0.15, 0.2) is 0 Å². The highest BCUT2D eigenvalue weighted by molar-refractivity contribution is 6.07. The highest BCUT2D eigenvalue weighted by atomic mass is 16.6. The minimum Gasteiger partial charge on any atom is -0.468 e. The normalized spacial score (nSPS) is 16.5. The molecule has 0 saturated carbocycles. The Balaban J connectivity index is 1.78. The predicted molar refractivity (Wildman–Crippen MR) is 145 cm³/mol. The number of non-ortho nitro benzene ring substituents is 1. The molecule has 0 amide bonds. The molecule has 0 saturated heterocycles. The molecule has 1 N–H and O–H groups in total. The van der Waals surface area contributed by atoms with Gasteiger partial charge in [-0.2, -0.15) is 5.26 Å². The maximum Gasteiger partial charge on any atom is 0.341 e. The number of allylic oxidation sites excluding steroid dienone is 1. The number of aryl methyl sites for hydroxylation is 1. The molecule has 11 heteroatoms. The second-order valence-electron chi connectivity index (χ2n) is 9.16. The van der Waals surface area contributed by atoms with Crippen LogP contribution in [0.5, 0.6) is 5.75 Å². The Hall–Kier alpha value is -5.37. The van der Waals surface area contributed by atoms with E-state index in [1.807, 2.05) is 6.07 Å². The first-order valence-corrected chi connectivity index (χ1v) is 12.1. The highest BCUT2D eigenvalue weighted by Gasteiger charge is 2.42. The minimum absolute atomic E-state index is 0.0545. The van der Waals surface area contributed by atoms with Gasteiger partial charge in [0, 0.05) is 40.7 Å². The smallest absolute Gasteiger partial charge is 0.341 e. The van der Waals surface area contributed by atoms with Gasteiger partial charge in [-0.3, -0.25) is 24.7 Å². The topological polar surface area (TPSA) is 165 Å². The van der Waals surface area contributed by atoms with E-state index in [0.717, 1.165) is 0 Å². The maximum atomic E-state index is 13.7. The summed E-state index contributed by atoms with van der Waals surface area (Å²) in [4.78, 5) is 56.5. The number of nitro groups is 1. The molecule has 4 rings (SSSR count). The van der Waals surface area contributed by atoms with Crippen LogP contribution in [0.25, 0.3) is 11.1 Å². The number of benzene rings is 2. The summed E-state index contributed by atoms with van der Waals surface area (Å²) in [6, 6.07) is 15.5. The van der Waals surface area contributed by atoms with E-state index in [9.17, 15) is 29.8 Å². The van der Waals surface area contributed by atoms with Gasteiger partial charge in [0.25, 0.3) is 11.2 Å². The number of nitrogens with zero attached hydrogens (tertiary/aromatic N) is 3. The van der Waals surface area contributed by atoms with E-state index < -0.39 is 34.3 Å². The van der Waals surface area contributed by atoms with Gasteiger partial charge in [0.05, 0.1) is 17.6 Å². The molecule has 2 atom stereocenters. The molecule has 3 aromatic rings. The molecule has 40 heavy (non-hydrogen) atoms. The zero-order valence-corrected chi connectivity index (χ0v) is 22.1. The Morgan fingerprint density at radius 1 is 1.10 bits per heavy atom. The fourth-order valence-corrected chi connectivity index (χ4v) is 4.82. The number of H-pyrrole nitrogens is 1. The number of carbonyl (C=O) groups excluding carboxylic acids is 2. The van der Waals surface area contributed by atoms with E-state index in [1.54, 1.807) is 51.1 Å². The lowest BCUT2D eigenvalue weighted by Gasteiger charge is -2.31. The fraction of sp³-hybridized carbons (Fsp3) is 0.207. The Morgan fingerprint density at radius 2 is 1.82 bits per heavy atom. The number of aliphatic imine (C=N–C) groups is 1. The number of hydrogen-bond acceptors (Lipinski definition) is 9. The number of nitriles is 1. The van der Waals surface area contributed by atoms with Gasteiger partial charge in [-0.05, 0) is 50.1 Å². The number of rotatable bonds is 6. The highest BCUT2D eigenvalue weighted by Crippen LogP contribution is 2.41. The van der Waals surface area contributed by atoms with E-state index >= 15 is 0 Å². The Bertz CT molecular complexity index is 1710. The average molecular weight is 541 g/mol. The quantitative estimate of drug-likeness (QED) is 0.208. The molecule has 11 nitrogen and oxygen atoms in total. The molecule has 1 aliphatic rings. The molecule has 202 valence electrons. The summed E-state index contributed by atoms with van der Waals surface area (Å²) >= 11 is 0. The number of esters is 2. The van der Waals surface area contributed by atoms with E-state index in [2.05, 4.69) is 9.98 Å². The second kappa shape index (κ2) is 11.2. The molecule has 2 unspecified atom stereocenters. The van der Waals surface area contributed by atoms with Crippen molar-refractivity contribution in [2.45, 2.75) is 26.7 Å². The van der Waals surface area contributed by atoms with Crippen molar-refractivity contribution in [1.82, 2.24) is 4.98 Å². The van der Waals surface area contributed by atoms with Gasteiger partial charge in [0.1, 0.15) is 23.3 Å². The van der Waals surface area contributed by atoms with Crippen molar-refractivity contribution in [2.24, 2.45) is 10.9 Å². The summed E-state index contributed by atoms with van der Waals surface area (Å²) in [5.41, 5.74) is 2.01. The molecule has 0 spiro atoms. The molecule has 0 bridgehead atoms. The van der Waals surface area contributed by atoms with E-state index in [1.165, 1.54) is 31.4 Å². The number of nitro benzene ring substituents is 1. The Labute approximate surface area is 228 Å². The molecule has 1 aromatic heterocycles. The number of hydrogen-bond donors (Lipinski definition) is 1.